The lowest BCUT2D eigenvalue weighted by Gasteiger charge is -2.41. The summed E-state index contributed by atoms with van der Waals surface area (Å²) in [4.78, 5) is 129. The fourth-order valence-electron chi connectivity index (χ4n) is 11.5. The molecule has 2 heterocycles. The van der Waals surface area contributed by atoms with Gasteiger partial charge in [0, 0.05) is 47.3 Å². The predicted molar refractivity (Wildman–Crippen MR) is 325 cm³/mol. The zero-order valence-electron chi connectivity index (χ0n) is 54.1. The predicted octanol–water partition coefficient (Wildman–Crippen LogP) is 2.57. The molecule has 0 aliphatic carbocycles. The molecule has 0 aromatic heterocycles. The van der Waals surface area contributed by atoms with E-state index in [0.29, 0.717) is 64.2 Å². The van der Waals surface area contributed by atoms with Gasteiger partial charge in [0.2, 0.25) is 41.4 Å². The smallest absolute Gasteiger partial charge is 0.329 e. The second kappa shape index (κ2) is 38.6. The van der Waals surface area contributed by atoms with Crippen molar-refractivity contribution in [1.82, 2.24) is 41.3 Å². The number of ether oxygens (including phenoxy) is 6. The maximum Gasteiger partial charge on any atom is 0.329 e. The zero-order valence-corrected chi connectivity index (χ0v) is 54.1. The molecule has 2 saturated heterocycles. The summed E-state index contributed by atoms with van der Waals surface area (Å²) in [6.07, 6.45) is -1.10. The van der Waals surface area contributed by atoms with Crippen LogP contribution in [0.15, 0.2) is 30.3 Å². The van der Waals surface area contributed by atoms with Gasteiger partial charge in [-0.1, -0.05) is 99.1 Å². The van der Waals surface area contributed by atoms with Gasteiger partial charge < -0.3 is 80.5 Å². The number of carboxylic acids is 1. The zero-order chi connectivity index (χ0) is 65.1. The Morgan fingerprint density at radius 3 is 1.84 bits per heavy atom. The molecule has 25 nitrogen and oxygen atoms in total. The summed E-state index contributed by atoms with van der Waals surface area (Å²) in [5.41, 5.74) is 5.94. The molecule has 2 fully saturated rings. The molecule has 8 N–H and O–H groups in total. The first kappa shape index (κ1) is 75.4. The van der Waals surface area contributed by atoms with Crippen LogP contribution in [0.25, 0.3) is 0 Å². The average Bonchev–Trinajstić information content (AvgIpc) is 2.73. The third kappa shape index (κ3) is 22.9. The molecule has 0 unspecified atom stereocenters. The van der Waals surface area contributed by atoms with E-state index in [1.54, 1.807) is 81.9 Å². The van der Waals surface area contributed by atoms with Crippen LogP contribution >= 0.6 is 0 Å². The van der Waals surface area contributed by atoms with E-state index >= 15 is 0 Å². The van der Waals surface area contributed by atoms with Crippen molar-refractivity contribution in [1.29, 1.82) is 0 Å². The number of likely N-dealkylation sites (N-methyl/N-ethyl adjacent to an activating group) is 2. The van der Waals surface area contributed by atoms with Gasteiger partial charge in [0.05, 0.1) is 94.8 Å². The van der Waals surface area contributed by atoms with Crippen molar-refractivity contribution in [2.24, 2.45) is 35.3 Å². The SMILES string of the molecule is CC[C@H](C)[C@@H]([C@@H](CC(=O)N1CCC[C@H]1[C@H](OC)[C@@H](C)C(=O)N[C@H](C)[C@@H](OC(=O)[C@@H](NC(=O)[C@@H]1CCCN1C(=O)[C@H](CC(=O)O)NC(=O)CCOCCOCCOCCN)C(C)C)c1ccccc1)OC)N(C)C(=O)[C@@H](NC(=O)[C@@H](NC)C(C)C)C(C)C. The van der Waals surface area contributed by atoms with E-state index in [1.165, 1.54) is 19.1 Å². The van der Waals surface area contributed by atoms with Gasteiger partial charge in [0.1, 0.15) is 30.3 Å². The molecule has 7 amide bonds. The molecule has 25 heteroatoms. The lowest BCUT2D eigenvalue weighted by atomic mass is 9.89. The standard InChI is InChI=1S/C62H105N9O16/c1-15-40(8)54(69(12)61(80)52(38(4)5)67-59(78)51(64-11)37(2)3)47(82-13)36-49(73)70-27-19-23-45(70)55(83-14)41(9)57(76)65-42(10)56(43-21-17-16-18-22-43)87-62(81)53(39(6)7)68-58(77)46-24-20-28-71(46)60(79)44(35-50(74)75)66-48(72)25-29-84-31-33-86-34-32-85-30-26-63/h16-18,21-22,37-42,44-47,51-56,64H,15,19-20,23-36,63H2,1-14H3,(H,65,76)(H,66,72)(H,67,78)(H,68,77)(H,74,75)/t40-,41+,42+,44-,45-,46-,47+,51-,52-,53-,54-,55+,56+/m0/s1. The number of carbonyl (C=O) groups is 9. The molecule has 87 heavy (non-hydrogen) atoms. The van der Waals surface area contributed by atoms with Crippen molar-refractivity contribution >= 4 is 53.3 Å². The fraction of sp³-hybridized carbons (Fsp3) is 0.758. The van der Waals surface area contributed by atoms with Gasteiger partial charge in [0.25, 0.3) is 0 Å². The molecule has 0 bridgehead atoms. The van der Waals surface area contributed by atoms with Gasteiger partial charge in [-0.05, 0) is 68.9 Å². The highest BCUT2D eigenvalue weighted by Gasteiger charge is 2.45. The highest BCUT2D eigenvalue weighted by atomic mass is 16.6. The minimum absolute atomic E-state index is 0.0212. The van der Waals surface area contributed by atoms with E-state index < -0.39 is 120 Å². The number of hydrogen-bond acceptors (Lipinski definition) is 17. The van der Waals surface area contributed by atoms with E-state index in [1.807, 2.05) is 41.5 Å². The third-order valence-electron chi connectivity index (χ3n) is 16.5. The lowest BCUT2D eigenvalue weighted by Crippen LogP contribution is -2.59. The maximum absolute atomic E-state index is 14.6. The Hall–Kier alpha value is -5.83. The minimum Gasteiger partial charge on any atom is -0.481 e. The largest absolute Gasteiger partial charge is 0.481 e. The van der Waals surface area contributed by atoms with Crippen molar-refractivity contribution in [2.45, 2.75) is 187 Å². The molecule has 0 radical (unpaired) electrons. The first-order chi connectivity index (χ1) is 41.3. The molecular weight excluding hydrogens is 1130 g/mol. The van der Waals surface area contributed by atoms with Crippen LogP contribution in [0.1, 0.15) is 132 Å². The first-order valence-electron chi connectivity index (χ1n) is 31.0. The number of methoxy groups -OCH3 is 2. The van der Waals surface area contributed by atoms with Crippen molar-refractivity contribution in [2.75, 3.05) is 87.6 Å². The summed E-state index contributed by atoms with van der Waals surface area (Å²) in [5, 5.41) is 24.1. The summed E-state index contributed by atoms with van der Waals surface area (Å²) in [7, 11) is 6.41. The molecule has 3 rings (SSSR count). The van der Waals surface area contributed by atoms with Gasteiger partial charge in [0.15, 0.2) is 0 Å². The van der Waals surface area contributed by atoms with Gasteiger partial charge in [-0.25, -0.2) is 4.79 Å². The summed E-state index contributed by atoms with van der Waals surface area (Å²) < 4.78 is 34.5. The van der Waals surface area contributed by atoms with Crippen molar-refractivity contribution in [3.05, 3.63) is 35.9 Å². The number of hydrogen-bond donors (Lipinski definition) is 7. The number of benzene rings is 1. The molecule has 1 aromatic carbocycles. The van der Waals surface area contributed by atoms with Crippen LogP contribution in [0, 0.1) is 29.6 Å². The molecular formula is C62H105N9O16. The topological polar surface area (TPSA) is 325 Å². The van der Waals surface area contributed by atoms with E-state index in [0.717, 1.165) is 0 Å². The van der Waals surface area contributed by atoms with E-state index in [4.69, 9.17) is 34.2 Å². The normalized spacial score (nSPS) is 19.0. The van der Waals surface area contributed by atoms with Crippen LogP contribution in [0.4, 0.5) is 0 Å². The Bertz CT molecular complexity index is 2330. The highest BCUT2D eigenvalue weighted by Crippen LogP contribution is 2.31. The maximum atomic E-state index is 14.6. The minimum atomic E-state index is -1.49. The Morgan fingerprint density at radius 2 is 1.29 bits per heavy atom. The molecule has 1 aromatic rings. The average molecular weight is 1230 g/mol. The van der Waals surface area contributed by atoms with Crippen LogP contribution in [-0.4, -0.2) is 221 Å². The van der Waals surface area contributed by atoms with Crippen LogP contribution < -0.4 is 32.3 Å². The van der Waals surface area contributed by atoms with Crippen molar-refractivity contribution < 1.29 is 76.7 Å². The van der Waals surface area contributed by atoms with Crippen LogP contribution in [0.3, 0.4) is 0 Å². The number of rotatable bonds is 40. The number of nitrogens with two attached hydrogens (primary N) is 1. The van der Waals surface area contributed by atoms with Gasteiger partial charge in [-0.3, -0.25) is 38.4 Å². The second-order valence-electron chi connectivity index (χ2n) is 23.9. The Kier molecular flexibility index (Phi) is 33.4. The monoisotopic (exact) mass is 1230 g/mol. The first-order valence-corrected chi connectivity index (χ1v) is 31.0. The fourth-order valence-corrected chi connectivity index (χ4v) is 11.5. The number of likely N-dealkylation sites (tertiary alicyclic amines) is 2. The van der Waals surface area contributed by atoms with Crippen LogP contribution in [-0.2, 0) is 71.6 Å². The number of nitrogens with zero attached hydrogens (tertiary/aromatic N) is 3. The number of aliphatic carboxylic acids is 1. The van der Waals surface area contributed by atoms with Gasteiger partial charge in [-0.15, -0.1) is 0 Å². The highest BCUT2D eigenvalue weighted by molar-refractivity contribution is 5.96. The van der Waals surface area contributed by atoms with E-state index in [9.17, 15) is 48.3 Å². The summed E-state index contributed by atoms with van der Waals surface area (Å²) >= 11 is 0. The van der Waals surface area contributed by atoms with Crippen molar-refractivity contribution in [3.63, 3.8) is 0 Å². The molecule has 0 spiro atoms. The van der Waals surface area contributed by atoms with Crippen LogP contribution in [0.5, 0.6) is 0 Å². The van der Waals surface area contributed by atoms with Gasteiger partial charge in [-0.2, -0.15) is 0 Å². The summed E-state index contributed by atoms with van der Waals surface area (Å²) in [6, 6.07) is 1.73. The van der Waals surface area contributed by atoms with Gasteiger partial charge >= 0.3 is 11.9 Å². The number of esters is 1. The Morgan fingerprint density at radius 1 is 0.701 bits per heavy atom. The van der Waals surface area contributed by atoms with E-state index in [2.05, 4.69) is 26.6 Å². The molecule has 13 atom stereocenters. The molecule has 2 aliphatic heterocycles. The quantitative estimate of drug-likeness (QED) is 0.0367. The number of carboxylic acid groups (broad SMARTS) is 1. The Labute approximate surface area is 515 Å². The number of nitrogens with one attached hydrogen (secondary N) is 5. The van der Waals surface area contributed by atoms with E-state index in [-0.39, 0.29) is 81.1 Å². The van der Waals surface area contributed by atoms with Crippen molar-refractivity contribution in [3.8, 4) is 0 Å². The second-order valence-corrected chi connectivity index (χ2v) is 23.9. The third-order valence-corrected chi connectivity index (χ3v) is 16.5. The lowest BCUT2D eigenvalue weighted by molar-refractivity contribution is -0.157. The molecule has 0 saturated carbocycles. The number of carbonyl (C=O) groups excluding carboxylic acids is 8. The Balaban J connectivity index is 1.75. The molecule has 2 aliphatic rings. The number of amides is 7. The van der Waals surface area contributed by atoms with Crippen LogP contribution in [0.2, 0.25) is 0 Å². The summed E-state index contributed by atoms with van der Waals surface area (Å²) in [5.74, 6) is -7.20. The summed E-state index contributed by atoms with van der Waals surface area (Å²) in [6.45, 7) is 20.9. The molecule has 494 valence electrons.